The molecule has 2 aromatic carbocycles. The third-order valence-electron chi connectivity index (χ3n) is 5.03. The minimum atomic E-state index is -1.15. The molecule has 2 aromatic rings. The molecule has 1 heterocycles. The first-order valence-corrected chi connectivity index (χ1v) is 10.6. The fourth-order valence-corrected chi connectivity index (χ4v) is 3.48. The van der Waals surface area contributed by atoms with Crippen LogP contribution in [0.1, 0.15) is 44.3 Å². The van der Waals surface area contributed by atoms with Crippen LogP contribution in [0.3, 0.4) is 0 Å². The zero-order valence-corrected chi connectivity index (χ0v) is 17.7. The molecule has 1 fully saturated rings. The van der Waals surface area contributed by atoms with Crippen LogP contribution < -0.4 is 10.1 Å². The van der Waals surface area contributed by atoms with Crippen molar-refractivity contribution in [2.75, 3.05) is 25.0 Å². The van der Waals surface area contributed by atoms with Crippen molar-refractivity contribution in [2.45, 2.75) is 38.7 Å². The van der Waals surface area contributed by atoms with Crippen molar-refractivity contribution < 1.29 is 23.9 Å². The van der Waals surface area contributed by atoms with E-state index in [1.165, 1.54) is 4.90 Å². The van der Waals surface area contributed by atoms with E-state index >= 15 is 0 Å². The van der Waals surface area contributed by atoms with Gasteiger partial charge in [-0.1, -0.05) is 48.9 Å². The number of benzene rings is 2. The van der Waals surface area contributed by atoms with Crippen molar-refractivity contribution in [3.05, 3.63) is 60.2 Å². The molecule has 0 saturated carbocycles. The van der Waals surface area contributed by atoms with E-state index in [0.29, 0.717) is 36.6 Å². The van der Waals surface area contributed by atoms with E-state index in [9.17, 15) is 14.4 Å². The highest BCUT2D eigenvalue weighted by Crippen LogP contribution is 2.27. The average Bonchev–Trinajstić information content (AvgIpc) is 2.98. The Morgan fingerprint density at radius 1 is 1.03 bits per heavy atom. The Morgan fingerprint density at radius 2 is 1.77 bits per heavy atom. The monoisotopic (exact) mass is 424 g/mol. The summed E-state index contributed by atoms with van der Waals surface area (Å²) in [5, 5.41) is 2.80. The molecule has 7 nitrogen and oxygen atoms in total. The van der Waals surface area contributed by atoms with Crippen molar-refractivity contribution in [2.24, 2.45) is 0 Å². The molecular formula is C24H28N2O5. The topological polar surface area (TPSA) is 84.9 Å². The lowest BCUT2D eigenvalue weighted by Crippen LogP contribution is -2.37. The van der Waals surface area contributed by atoms with Gasteiger partial charge in [0.1, 0.15) is 12.3 Å². The minimum absolute atomic E-state index is 0.0548. The molecule has 7 heteroatoms. The number of anilines is 1. The number of nitrogens with one attached hydrogen (secondary N) is 1. The molecule has 3 rings (SSSR count). The van der Waals surface area contributed by atoms with Gasteiger partial charge in [0.15, 0.2) is 0 Å². The van der Waals surface area contributed by atoms with E-state index in [-0.39, 0.29) is 12.5 Å². The molecule has 0 aliphatic carbocycles. The molecule has 2 amide bonds. The van der Waals surface area contributed by atoms with Crippen molar-refractivity contribution >= 4 is 23.5 Å². The quantitative estimate of drug-likeness (QED) is 0.653. The molecule has 0 bridgehead atoms. The summed E-state index contributed by atoms with van der Waals surface area (Å²) in [7, 11) is 0. The van der Waals surface area contributed by atoms with Gasteiger partial charge in [0.25, 0.3) is 5.91 Å². The number of ether oxygens (including phenoxy) is 2. The van der Waals surface area contributed by atoms with Gasteiger partial charge in [-0.15, -0.1) is 0 Å². The Labute approximate surface area is 182 Å². The number of para-hydroxylation sites is 2. The van der Waals surface area contributed by atoms with Gasteiger partial charge < -0.3 is 19.7 Å². The molecule has 31 heavy (non-hydrogen) atoms. The number of hydrogen-bond acceptors (Lipinski definition) is 5. The summed E-state index contributed by atoms with van der Waals surface area (Å²) in [6.45, 7) is 2.67. The number of rotatable bonds is 8. The smallest absolute Gasteiger partial charge is 0.326 e. The predicted octanol–water partition coefficient (Wildman–Crippen LogP) is 3.71. The highest BCUT2D eigenvalue weighted by molar-refractivity contribution is 5.97. The van der Waals surface area contributed by atoms with Gasteiger partial charge in [-0.25, -0.2) is 0 Å². The third kappa shape index (κ3) is 6.31. The standard InChI is InChI=1S/C24H28N2O5/c1-2-30-20-14-9-8-13-19(20)25-24(29)23(18-11-5-3-6-12-18)31-22(28)17-26-16-10-4-7-15-21(26)27/h3,5-6,8-9,11-14,23H,2,4,7,10,15-17H2,1H3,(H,25,29). The fraction of sp³-hybridized carbons (Fsp3) is 0.375. The van der Waals surface area contributed by atoms with Gasteiger partial charge in [0.2, 0.25) is 12.0 Å². The van der Waals surface area contributed by atoms with E-state index in [4.69, 9.17) is 9.47 Å². The first kappa shape index (κ1) is 22.3. The van der Waals surface area contributed by atoms with Crippen molar-refractivity contribution in [3.63, 3.8) is 0 Å². The summed E-state index contributed by atoms with van der Waals surface area (Å²) >= 11 is 0. The SMILES string of the molecule is CCOc1ccccc1NC(=O)C(OC(=O)CN1CCCCCC1=O)c1ccccc1. The number of nitrogens with zero attached hydrogens (tertiary/aromatic N) is 1. The number of likely N-dealkylation sites (tertiary alicyclic amines) is 1. The van der Waals surface area contributed by atoms with Crippen LogP contribution >= 0.6 is 0 Å². The third-order valence-corrected chi connectivity index (χ3v) is 5.03. The predicted molar refractivity (Wildman–Crippen MR) is 117 cm³/mol. The van der Waals surface area contributed by atoms with Crippen LogP contribution in [-0.4, -0.2) is 42.4 Å². The normalized spacial score (nSPS) is 15.0. The van der Waals surface area contributed by atoms with Crippen molar-refractivity contribution in [1.29, 1.82) is 0 Å². The van der Waals surface area contributed by atoms with Crippen LogP contribution in [0.15, 0.2) is 54.6 Å². The highest BCUT2D eigenvalue weighted by Gasteiger charge is 2.28. The molecule has 0 aromatic heterocycles. The van der Waals surface area contributed by atoms with Gasteiger partial charge >= 0.3 is 5.97 Å². The van der Waals surface area contributed by atoms with E-state index < -0.39 is 18.0 Å². The zero-order valence-electron chi connectivity index (χ0n) is 17.7. The Morgan fingerprint density at radius 3 is 2.55 bits per heavy atom. The van der Waals surface area contributed by atoms with E-state index in [1.54, 1.807) is 42.5 Å². The summed E-state index contributed by atoms with van der Waals surface area (Å²) in [6.07, 6.45) is 1.94. The Kier molecular flexibility index (Phi) is 8.04. The Hall–Kier alpha value is -3.35. The van der Waals surface area contributed by atoms with Crippen LogP contribution in [-0.2, 0) is 19.1 Å². The number of carbonyl (C=O) groups is 3. The second-order valence-corrected chi connectivity index (χ2v) is 7.32. The minimum Gasteiger partial charge on any atom is -0.492 e. The summed E-state index contributed by atoms with van der Waals surface area (Å²) < 4.78 is 11.1. The molecule has 0 radical (unpaired) electrons. The highest BCUT2D eigenvalue weighted by atomic mass is 16.5. The first-order chi connectivity index (χ1) is 15.1. The molecule has 1 unspecified atom stereocenters. The average molecular weight is 424 g/mol. The number of carbonyl (C=O) groups excluding carboxylic acids is 3. The van der Waals surface area contributed by atoms with Gasteiger partial charge in [0.05, 0.1) is 12.3 Å². The summed E-state index contributed by atoms with van der Waals surface area (Å²) in [6, 6.07) is 15.9. The summed E-state index contributed by atoms with van der Waals surface area (Å²) in [5.74, 6) is -0.626. The first-order valence-electron chi connectivity index (χ1n) is 10.6. The fourth-order valence-electron chi connectivity index (χ4n) is 3.48. The maximum absolute atomic E-state index is 13.1. The molecular weight excluding hydrogens is 396 g/mol. The van der Waals surface area contributed by atoms with E-state index in [1.807, 2.05) is 19.1 Å². The Bertz CT molecular complexity index is 900. The number of amides is 2. The summed E-state index contributed by atoms with van der Waals surface area (Å²) in [5.41, 5.74) is 1.04. The van der Waals surface area contributed by atoms with E-state index in [0.717, 1.165) is 19.3 Å². The molecule has 1 saturated heterocycles. The van der Waals surface area contributed by atoms with Gasteiger partial charge in [-0.2, -0.15) is 0 Å². The molecule has 0 spiro atoms. The zero-order chi connectivity index (χ0) is 22.1. The van der Waals surface area contributed by atoms with Crippen molar-refractivity contribution in [1.82, 2.24) is 4.90 Å². The van der Waals surface area contributed by atoms with Crippen molar-refractivity contribution in [3.8, 4) is 5.75 Å². The van der Waals surface area contributed by atoms with Gasteiger partial charge in [0, 0.05) is 18.5 Å². The largest absolute Gasteiger partial charge is 0.492 e. The lowest BCUT2D eigenvalue weighted by Gasteiger charge is -2.23. The number of hydrogen-bond donors (Lipinski definition) is 1. The summed E-state index contributed by atoms with van der Waals surface area (Å²) in [4.78, 5) is 39.5. The Balaban J connectivity index is 1.75. The van der Waals surface area contributed by atoms with Crippen LogP contribution in [0, 0.1) is 0 Å². The van der Waals surface area contributed by atoms with Crippen LogP contribution in [0.4, 0.5) is 5.69 Å². The molecule has 1 aliphatic rings. The molecule has 1 aliphatic heterocycles. The van der Waals surface area contributed by atoms with E-state index in [2.05, 4.69) is 5.32 Å². The van der Waals surface area contributed by atoms with Crippen LogP contribution in [0.2, 0.25) is 0 Å². The van der Waals surface area contributed by atoms with Crippen LogP contribution in [0.5, 0.6) is 5.75 Å². The lowest BCUT2D eigenvalue weighted by atomic mass is 10.1. The van der Waals surface area contributed by atoms with Crippen LogP contribution in [0.25, 0.3) is 0 Å². The molecule has 1 atom stereocenters. The lowest BCUT2D eigenvalue weighted by molar-refractivity contribution is -0.157. The molecule has 1 N–H and O–H groups in total. The van der Waals surface area contributed by atoms with Gasteiger partial charge in [-0.05, 0) is 31.9 Å². The second kappa shape index (κ2) is 11.2. The number of esters is 1. The maximum atomic E-state index is 13.1. The molecule has 164 valence electrons. The second-order valence-electron chi connectivity index (χ2n) is 7.32. The van der Waals surface area contributed by atoms with Gasteiger partial charge in [-0.3, -0.25) is 14.4 Å². The maximum Gasteiger partial charge on any atom is 0.326 e.